The summed E-state index contributed by atoms with van der Waals surface area (Å²) < 4.78 is 0. The van der Waals surface area contributed by atoms with E-state index in [-0.39, 0.29) is 11.7 Å². The Morgan fingerprint density at radius 3 is 2.62 bits per heavy atom. The second kappa shape index (κ2) is 4.53. The van der Waals surface area contributed by atoms with E-state index in [1.54, 1.807) is 19.1 Å². The Bertz CT molecular complexity index is 394. The monoisotopic (exact) mass is 222 g/mol. The van der Waals surface area contributed by atoms with Crippen molar-refractivity contribution in [3.05, 3.63) is 29.3 Å². The van der Waals surface area contributed by atoms with Gasteiger partial charge in [0.2, 0.25) is 0 Å². The van der Waals surface area contributed by atoms with Crippen LogP contribution in [0.1, 0.15) is 29.8 Å². The van der Waals surface area contributed by atoms with Crippen molar-refractivity contribution < 1.29 is 9.90 Å². The molecule has 0 unspecified atom stereocenters. The minimum Gasteiger partial charge on any atom is -0.508 e. The summed E-state index contributed by atoms with van der Waals surface area (Å²) >= 11 is 0. The summed E-state index contributed by atoms with van der Waals surface area (Å²) in [5.41, 5.74) is 6.49. The Morgan fingerprint density at radius 1 is 1.50 bits per heavy atom. The van der Waals surface area contributed by atoms with Gasteiger partial charge in [0.1, 0.15) is 5.75 Å². The predicted octanol–water partition coefficient (Wildman–Crippen LogP) is 1.17. The molecular weight excluding hydrogens is 204 g/mol. The lowest BCUT2D eigenvalue weighted by Gasteiger charge is -2.18. The molecule has 0 spiro atoms. The average molecular weight is 222 g/mol. The van der Waals surface area contributed by atoms with E-state index in [9.17, 15) is 9.90 Å². The lowest BCUT2D eigenvalue weighted by Crippen LogP contribution is -2.45. The summed E-state index contributed by atoms with van der Waals surface area (Å²) in [4.78, 5) is 11.7. The van der Waals surface area contributed by atoms with Crippen LogP contribution in [0.2, 0.25) is 0 Å². The lowest BCUT2D eigenvalue weighted by atomic mass is 10.1. The quantitative estimate of drug-likeness (QED) is 0.718. The maximum atomic E-state index is 11.7. The number of carbonyl (C=O) groups is 1. The molecule has 0 aliphatic carbocycles. The Morgan fingerprint density at radius 2 is 2.12 bits per heavy atom. The van der Waals surface area contributed by atoms with Crippen LogP contribution in [-0.4, -0.2) is 23.1 Å². The number of phenols is 1. The topological polar surface area (TPSA) is 75.4 Å². The number of rotatable bonds is 3. The van der Waals surface area contributed by atoms with Gasteiger partial charge in [-0.05, 0) is 38.5 Å². The predicted molar refractivity (Wildman–Crippen MR) is 63.4 cm³/mol. The van der Waals surface area contributed by atoms with E-state index < -0.39 is 5.54 Å². The second-order valence-corrected chi connectivity index (χ2v) is 4.67. The van der Waals surface area contributed by atoms with E-state index >= 15 is 0 Å². The summed E-state index contributed by atoms with van der Waals surface area (Å²) in [5.74, 6) is -0.103. The largest absolute Gasteiger partial charge is 0.508 e. The van der Waals surface area contributed by atoms with Crippen LogP contribution in [0.5, 0.6) is 5.75 Å². The number of hydrogen-bond donors (Lipinski definition) is 3. The van der Waals surface area contributed by atoms with E-state index in [0.29, 0.717) is 12.1 Å². The molecule has 0 bridgehead atoms. The van der Waals surface area contributed by atoms with Gasteiger partial charge < -0.3 is 16.2 Å². The summed E-state index contributed by atoms with van der Waals surface area (Å²) in [6.07, 6.45) is 0. The molecule has 1 amide bonds. The molecule has 0 saturated heterocycles. The van der Waals surface area contributed by atoms with Gasteiger partial charge in [-0.2, -0.15) is 0 Å². The van der Waals surface area contributed by atoms with Crippen LogP contribution in [0, 0.1) is 6.92 Å². The zero-order valence-electron chi connectivity index (χ0n) is 9.87. The fourth-order valence-corrected chi connectivity index (χ4v) is 1.16. The molecule has 0 saturated carbocycles. The van der Waals surface area contributed by atoms with E-state index in [4.69, 9.17) is 5.73 Å². The third-order valence-corrected chi connectivity index (χ3v) is 2.18. The SMILES string of the molecule is Cc1ccc(C(=O)NCC(C)(C)N)cc1O. The van der Waals surface area contributed by atoms with Crippen molar-refractivity contribution in [2.24, 2.45) is 5.73 Å². The molecule has 88 valence electrons. The number of aromatic hydroxyl groups is 1. The number of phenolic OH excluding ortho intramolecular Hbond substituents is 1. The van der Waals surface area contributed by atoms with Gasteiger partial charge in [-0.3, -0.25) is 4.79 Å². The van der Waals surface area contributed by atoms with Crippen LogP contribution in [0.4, 0.5) is 0 Å². The second-order valence-electron chi connectivity index (χ2n) is 4.67. The molecule has 0 atom stereocenters. The molecule has 16 heavy (non-hydrogen) atoms. The molecular formula is C12H18N2O2. The summed E-state index contributed by atoms with van der Waals surface area (Å²) in [5, 5.41) is 12.2. The number of benzene rings is 1. The average Bonchev–Trinajstić information content (AvgIpc) is 2.17. The summed E-state index contributed by atoms with van der Waals surface area (Å²) in [6, 6.07) is 4.83. The van der Waals surface area contributed by atoms with Gasteiger partial charge in [-0.25, -0.2) is 0 Å². The van der Waals surface area contributed by atoms with Crippen molar-refractivity contribution >= 4 is 5.91 Å². The van der Waals surface area contributed by atoms with E-state index in [2.05, 4.69) is 5.32 Å². The number of aryl methyl sites for hydroxylation is 1. The van der Waals surface area contributed by atoms with Crippen molar-refractivity contribution in [3.63, 3.8) is 0 Å². The molecule has 4 N–H and O–H groups in total. The van der Waals surface area contributed by atoms with Crippen LogP contribution >= 0.6 is 0 Å². The van der Waals surface area contributed by atoms with Gasteiger partial charge in [-0.1, -0.05) is 6.07 Å². The fraction of sp³-hybridized carbons (Fsp3) is 0.417. The summed E-state index contributed by atoms with van der Waals surface area (Å²) in [7, 11) is 0. The summed E-state index contributed by atoms with van der Waals surface area (Å²) in [6.45, 7) is 5.83. The van der Waals surface area contributed by atoms with Crippen molar-refractivity contribution in [3.8, 4) is 5.75 Å². The van der Waals surface area contributed by atoms with Crippen LogP contribution in [-0.2, 0) is 0 Å². The smallest absolute Gasteiger partial charge is 0.251 e. The molecule has 0 heterocycles. The molecule has 1 aromatic carbocycles. The first-order valence-corrected chi connectivity index (χ1v) is 5.16. The molecule has 0 aliphatic heterocycles. The van der Waals surface area contributed by atoms with Crippen molar-refractivity contribution in [2.45, 2.75) is 26.3 Å². The Balaban J connectivity index is 2.70. The van der Waals surface area contributed by atoms with Crippen molar-refractivity contribution in [1.29, 1.82) is 0 Å². The highest BCUT2D eigenvalue weighted by Gasteiger charge is 2.13. The van der Waals surface area contributed by atoms with Gasteiger partial charge in [0.05, 0.1) is 0 Å². The minimum absolute atomic E-state index is 0.125. The zero-order valence-corrected chi connectivity index (χ0v) is 9.87. The zero-order chi connectivity index (χ0) is 12.3. The number of carbonyl (C=O) groups excluding carboxylic acids is 1. The number of amides is 1. The molecule has 4 heteroatoms. The van der Waals surface area contributed by atoms with Crippen LogP contribution in [0.15, 0.2) is 18.2 Å². The maximum absolute atomic E-state index is 11.7. The third kappa shape index (κ3) is 3.55. The van der Waals surface area contributed by atoms with Gasteiger partial charge >= 0.3 is 0 Å². The normalized spacial score (nSPS) is 11.2. The third-order valence-electron chi connectivity index (χ3n) is 2.18. The highest BCUT2D eigenvalue weighted by atomic mass is 16.3. The molecule has 0 aliphatic rings. The number of hydrogen-bond acceptors (Lipinski definition) is 3. The molecule has 1 aromatic rings. The van der Waals surface area contributed by atoms with Gasteiger partial charge in [0.25, 0.3) is 5.91 Å². The first-order chi connectivity index (χ1) is 7.29. The van der Waals surface area contributed by atoms with Crippen molar-refractivity contribution in [1.82, 2.24) is 5.32 Å². The maximum Gasteiger partial charge on any atom is 0.251 e. The Hall–Kier alpha value is -1.55. The molecule has 0 aromatic heterocycles. The molecule has 0 fully saturated rings. The van der Waals surface area contributed by atoms with E-state index in [1.165, 1.54) is 6.07 Å². The first kappa shape index (κ1) is 12.5. The number of nitrogens with one attached hydrogen (secondary N) is 1. The van der Waals surface area contributed by atoms with E-state index in [0.717, 1.165) is 5.56 Å². The minimum atomic E-state index is -0.442. The first-order valence-electron chi connectivity index (χ1n) is 5.16. The lowest BCUT2D eigenvalue weighted by molar-refractivity contribution is 0.0945. The van der Waals surface area contributed by atoms with Crippen LogP contribution in [0.25, 0.3) is 0 Å². The van der Waals surface area contributed by atoms with E-state index in [1.807, 2.05) is 13.8 Å². The van der Waals surface area contributed by atoms with Gasteiger partial charge in [-0.15, -0.1) is 0 Å². The fourth-order valence-electron chi connectivity index (χ4n) is 1.16. The highest BCUT2D eigenvalue weighted by Crippen LogP contribution is 2.17. The highest BCUT2D eigenvalue weighted by molar-refractivity contribution is 5.94. The standard InChI is InChI=1S/C12H18N2O2/c1-8-4-5-9(6-10(8)15)11(16)14-7-12(2,3)13/h4-6,15H,7,13H2,1-3H3,(H,14,16). The Kier molecular flexibility index (Phi) is 3.55. The number of nitrogens with two attached hydrogens (primary N) is 1. The van der Waals surface area contributed by atoms with Crippen molar-refractivity contribution in [2.75, 3.05) is 6.54 Å². The molecule has 0 radical (unpaired) electrons. The molecule has 4 nitrogen and oxygen atoms in total. The van der Waals surface area contributed by atoms with Gasteiger partial charge in [0.15, 0.2) is 0 Å². The van der Waals surface area contributed by atoms with Crippen LogP contribution in [0.3, 0.4) is 0 Å². The molecule has 1 rings (SSSR count). The van der Waals surface area contributed by atoms with Gasteiger partial charge in [0, 0.05) is 17.6 Å². The Labute approximate surface area is 95.5 Å². The van der Waals surface area contributed by atoms with Crippen LogP contribution < -0.4 is 11.1 Å².